The molecule has 1 N–H and O–H groups in total. The first-order chi connectivity index (χ1) is 14.0. The summed E-state index contributed by atoms with van der Waals surface area (Å²) in [6, 6.07) is 13.7. The van der Waals surface area contributed by atoms with E-state index in [0.717, 1.165) is 0 Å². The third kappa shape index (κ3) is 6.45. The van der Waals surface area contributed by atoms with Crippen LogP contribution in [0.2, 0.25) is 0 Å². The van der Waals surface area contributed by atoms with Crippen molar-refractivity contribution in [1.82, 2.24) is 4.90 Å². The molecule has 6 nitrogen and oxygen atoms in total. The van der Waals surface area contributed by atoms with Gasteiger partial charge in [0.1, 0.15) is 5.75 Å². The highest BCUT2D eigenvalue weighted by Gasteiger charge is 2.14. The Morgan fingerprint density at radius 3 is 2.21 bits per heavy atom. The maximum atomic E-state index is 12.4. The Labute approximate surface area is 171 Å². The highest BCUT2D eigenvalue weighted by molar-refractivity contribution is 6.01. The number of hydrogen-bond donors (Lipinski definition) is 1. The fourth-order valence-electron chi connectivity index (χ4n) is 2.92. The molecule has 2 aromatic carbocycles. The number of Topliss-reactive ketones (excluding diaryl/α,β-unsaturated/α-hetero) is 1. The molecule has 2 rings (SSSR count). The Bertz CT molecular complexity index is 842. The molecule has 0 aromatic heterocycles. The fourth-order valence-corrected chi connectivity index (χ4v) is 2.92. The number of ketones is 1. The molecule has 29 heavy (non-hydrogen) atoms. The lowest BCUT2D eigenvalue weighted by atomic mass is 10.1. The zero-order valence-corrected chi connectivity index (χ0v) is 17.2. The lowest BCUT2D eigenvalue weighted by molar-refractivity contribution is -0.116. The summed E-state index contributed by atoms with van der Waals surface area (Å²) in [5.74, 6) is 0.267. The van der Waals surface area contributed by atoms with Crippen molar-refractivity contribution in [2.24, 2.45) is 0 Å². The third-order valence-corrected chi connectivity index (χ3v) is 4.51. The van der Waals surface area contributed by atoms with E-state index in [-0.39, 0.29) is 30.4 Å². The second-order valence-electron chi connectivity index (χ2n) is 6.49. The van der Waals surface area contributed by atoms with Crippen LogP contribution in [0.15, 0.2) is 48.5 Å². The van der Waals surface area contributed by atoms with Crippen LogP contribution in [0.5, 0.6) is 5.75 Å². The number of rotatable bonds is 10. The van der Waals surface area contributed by atoms with Crippen LogP contribution in [0.1, 0.15) is 54.3 Å². The quantitative estimate of drug-likeness (QED) is 0.612. The van der Waals surface area contributed by atoms with E-state index in [1.807, 2.05) is 20.8 Å². The molecule has 0 bridgehead atoms. The van der Waals surface area contributed by atoms with Gasteiger partial charge in [-0.3, -0.25) is 14.4 Å². The predicted molar refractivity (Wildman–Crippen MR) is 113 cm³/mol. The van der Waals surface area contributed by atoms with Gasteiger partial charge in [0.25, 0.3) is 5.91 Å². The van der Waals surface area contributed by atoms with Gasteiger partial charge < -0.3 is 15.0 Å². The van der Waals surface area contributed by atoms with Gasteiger partial charge in [0.2, 0.25) is 5.91 Å². The van der Waals surface area contributed by atoms with Gasteiger partial charge in [0.15, 0.2) is 5.78 Å². The van der Waals surface area contributed by atoms with E-state index in [2.05, 4.69) is 5.32 Å². The number of hydrogen-bond acceptors (Lipinski definition) is 4. The Balaban J connectivity index is 1.91. The van der Waals surface area contributed by atoms with Gasteiger partial charge in [-0.1, -0.05) is 6.07 Å². The van der Waals surface area contributed by atoms with Crippen molar-refractivity contribution in [1.29, 1.82) is 0 Å². The summed E-state index contributed by atoms with van der Waals surface area (Å²) in [7, 11) is 0. The van der Waals surface area contributed by atoms with Crippen LogP contribution in [0.4, 0.5) is 5.69 Å². The minimum Gasteiger partial charge on any atom is -0.494 e. The summed E-state index contributed by atoms with van der Waals surface area (Å²) in [5.41, 5.74) is 1.62. The molecule has 0 saturated carbocycles. The van der Waals surface area contributed by atoms with E-state index in [1.54, 1.807) is 53.4 Å². The fraction of sp³-hybridized carbons (Fsp3) is 0.348. The number of ether oxygens (including phenoxy) is 1. The summed E-state index contributed by atoms with van der Waals surface area (Å²) >= 11 is 0. The number of carbonyl (C=O) groups is 3. The molecule has 2 amide bonds. The largest absolute Gasteiger partial charge is 0.494 e. The van der Waals surface area contributed by atoms with E-state index in [1.165, 1.54) is 0 Å². The average molecular weight is 396 g/mol. The van der Waals surface area contributed by atoms with Crippen molar-refractivity contribution < 1.29 is 19.1 Å². The van der Waals surface area contributed by atoms with Gasteiger partial charge in [0.05, 0.1) is 6.61 Å². The summed E-state index contributed by atoms with van der Waals surface area (Å²) in [4.78, 5) is 38.7. The van der Waals surface area contributed by atoms with Crippen LogP contribution in [-0.4, -0.2) is 42.2 Å². The number of amides is 2. The van der Waals surface area contributed by atoms with E-state index in [0.29, 0.717) is 42.3 Å². The molecule has 0 aliphatic carbocycles. The molecule has 154 valence electrons. The number of nitrogens with one attached hydrogen (secondary N) is 1. The lowest BCUT2D eigenvalue weighted by Gasteiger charge is -2.19. The molecule has 0 atom stereocenters. The zero-order chi connectivity index (χ0) is 21.2. The van der Waals surface area contributed by atoms with Crippen molar-refractivity contribution in [3.05, 3.63) is 59.7 Å². The SMILES string of the molecule is CCOc1ccc(C(=O)CCC(=O)Nc2cccc(C(=O)N(CC)CC)c2)cc1. The molecule has 6 heteroatoms. The lowest BCUT2D eigenvalue weighted by Crippen LogP contribution is -2.30. The van der Waals surface area contributed by atoms with Crippen molar-refractivity contribution in [3.8, 4) is 5.75 Å². The molecule has 0 aliphatic heterocycles. The molecular formula is C23H28N2O4. The zero-order valence-electron chi connectivity index (χ0n) is 17.2. The molecule has 2 aromatic rings. The molecule has 0 aliphatic rings. The Kier molecular flexibility index (Phi) is 8.40. The van der Waals surface area contributed by atoms with E-state index in [9.17, 15) is 14.4 Å². The van der Waals surface area contributed by atoms with Gasteiger partial charge in [-0.2, -0.15) is 0 Å². The summed E-state index contributed by atoms with van der Waals surface area (Å²) in [6.45, 7) is 7.56. The number of anilines is 1. The topological polar surface area (TPSA) is 75.7 Å². The highest BCUT2D eigenvalue weighted by Crippen LogP contribution is 2.16. The van der Waals surface area contributed by atoms with Crippen LogP contribution in [0.25, 0.3) is 0 Å². The van der Waals surface area contributed by atoms with Crippen molar-refractivity contribution >= 4 is 23.3 Å². The van der Waals surface area contributed by atoms with Crippen molar-refractivity contribution in [2.75, 3.05) is 25.0 Å². The monoisotopic (exact) mass is 396 g/mol. The van der Waals surface area contributed by atoms with E-state index in [4.69, 9.17) is 4.74 Å². The van der Waals surface area contributed by atoms with Gasteiger partial charge in [-0.25, -0.2) is 0 Å². The maximum absolute atomic E-state index is 12.4. The molecule has 0 fully saturated rings. The maximum Gasteiger partial charge on any atom is 0.253 e. The molecule has 0 radical (unpaired) electrons. The summed E-state index contributed by atoms with van der Waals surface area (Å²) in [5, 5.41) is 2.76. The minimum absolute atomic E-state index is 0.0697. The molecule has 0 spiro atoms. The predicted octanol–water partition coefficient (Wildman–Crippen LogP) is 4.17. The van der Waals surface area contributed by atoms with Gasteiger partial charge >= 0.3 is 0 Å². The van der Waals surface area contributed by atoms with Crippen LogP contribution in [0, 0.1) is 0 Å². The smallest absolute Gasteiger partial charge is 0.253 e. The number of carbonyl (C=O) groups excluding carboxylic acids is 3. The minimum atomic E-state index is -0.267. The second-order valence-corrected chi connectivity index (χ2v) is 6.49. The van der Waals surface area contributed by atoms with Crippen LogP contribution in [0.3, 0.4) is 0 Å². The van der Waals surface area contributed by atoms with E-state index < -0.39 is 0 Å². The van der Waals surface area contributed by atoms with E-state index >= 15 is 0 Å². The summed E-state index contributed by atoms with van der Waals surface area (Å²) in [6.07, 6.45) is 0.179. The normalized spacial score (nSPS) is 10.3. The molecule has 0 unspecified atom stereocenters. The van der Waals surface area contributed by atoms with Crippen molar-refractivity contribution in [2.45, 2.75) is 33.6 Å². The second kappa shape index (κ2) is 11.0. The van der Waals surface area contributed by atoms with Crippen LogP contribution >= 0.6 is 0 Å². The van der Waals surface area contributed by atoms with Gasteiger partial charge in [-0.15, -0.1) is 0 Å². The van der Waals surface area contributed by atoms with Crippen LogP contribution < -0.4 is 10.1 Å². The average Bonchev–Trinajstić information content (AvgIpc) is 2.74. The van der Waals surface area contributed by atoms with Gasteiger partial charge in [-0.05, 0) is 63.2 Å². The molecular weight excluding hydrogens is 368 g/mol. The Hall–Kier alpha value is -3.15. The Morgan fingerprint density at radius 1 is 0.897 bits per heavy atom. The first-order valence-corrected chi connectivity index (χ1v) is 9.93. The first-order valence-electron chi connectivity index (χ1n) is 9.93. The summed E-state index contributed by atoms with van der Waals surface area (Å²) < 4.78 is 5.36. The standard InChI is InChI=1S/C23H28N2O4/c1-4-25(5-2)23(28)18-8-7-9-19(16-18)24-22(27)15-14-21(26)17-10-12-20(13-11-17)29-6-3/h7-13,16H,4-6,14-15H2,1-3H3,(H,24,27). The van der Waals surface area contributed by atoms with Gasteiger partial charge in [0, 0.05) is 42.7 Å². The van der Waals surface area contributed by atoms with Crippen LogP contribution in [-0.2, 0) is 4.79 Å². The Morgan fingerprint density at radius 2 is 1.59 bits per heavy atom. The molecule has 0 heterocycles. The molecule has 0 saturated heterocycles. The first kappa shape index (κ1) is 22.1. The highest BCUT2D eigenvalue weighted by atomic mass is 16.5. The number of nitrogens with zero attached hydrogens (tertiary/aromatic N) is 1. The third-order valence-electron chi connectivity index (χ3n) is 4.51. The van der Waals surface area contributed by atoms with Crippen molar-refractivity contribution in [3.63, 3.8) is 0 Å². The number of benzene rings is 2.